The third-order valence-corrected chi connectivity index (χ3v) is 3.81. The summed E-state index contributed by atoms with van der Waals surface area (Å²) in [7, 11) is 0. The highest BCUT2D eigenvalue weighted by Gasteiger charge is 2.05. The van der Waals surface area contributed by atoms with Gasteiger partial charge in [0, 0.05) is 12.0 Å². The van der Waals surface area contributed by atoms with Crippen LogP contribution in [0.5, 0.6) is 5.75 Å². The molecule has 0 saturated carbocycles. The molecule has 0 fully saturated rings. The van der Waals surface area contributed by atoms with Crippen LogP contribution < -0.4 is 5.43 Å². The van der Waals surface area contributed by atoms with Gasteiger partial charge in [-0.25, -0.2) is 5.43 Å². The number of amides is 1. The van der Waals surface area contributed by atoms with Crippen molar-refractivity contribution < 1.29 is 9.90 Å². The summed E-state index contributed by atoms with van der Waals surface area (Å²) in [5.74, 6) is -0.0224. The number of hydrazone groups is 1. The Morgan fingerprint density at radius 3 is 2.58 bits per heavy atom. The lowest BCUT2D eigenvalue weighted by Crippen LogP contribution is -2.17. The summed E-state index contributed by atoms with van der Waals surface area (Å²) in [6, 6.07) is 21.0. The van der Waals surface area contributed by atoms with Crippen molar-refractivity contribution in [1.29, 1.82) is 0 Å². The predicted molar refractivity (Wildman–Crippen MR) is 96.1 cm³/mol. The first-order valence-corrected chi connectivity index (χ1v) is 7.80. The number of carbonyl (C=O) groups is 1. The minimum Gasteiger partial charge on any atom is -0.507 e. The number of rotatable bonds is 5. The molecule has 0 bridgehead atoms. The summed E-state index contributed by atoms with van der Waals surface area (Å²) >= 11 is 0. The summed E-state index contributed by atoms with van der Waals surface area (Å²) in [5.41, 5.74) is 4.22. The van der Waals surface area contributed by atoms with Gasteiger partial charge in [-0.15, -0.1) is 0 Å². The molecule has 0 aliphatic heterocycles. The van der Waals surface area contributed by atoms with Gasteiger partial charge in [0.2, 0.25) is 5.91 Å². The van der Waals surface area contributed by atoms with Crippen LogP contribution in [-0.2, 0) is 11.2 Å². The summed E-state index contributed by atoms with van der Waals surface area (Å²) in [6.07, 6.45) is 2.52. The van der Waals surface area contributed by atoms with Crippen molar-refractivity contribution >= 4 is 22.9 Å². The van der Waals surface area contributed by atoms with E-state index in [9.17, 15) is 9.90 Å². The van der Waals surface area contributed by atoms with E-state index < -0.39 is 0 Å². The monoisotopic (exact) mass is 318 g/mol. The maximum atomic E-state index is 11.9. The molecule has 2 N–H and O–H groups in total. The number of carbonyl (C=O) groups excluding carboxylic acids is 1. The molecule has 3 aromatic carbocycles. The van der Waals surface area contributed by atoms with Crippen molar-refractivity contribution in [3.63, 3.8) is 0 Å². The molecule has 0 atom stereocenters. The van der Waals surface area contributed by atoms with Gasteiger partial charge < -0.3 is 5.11 Å². The number of aromatic hydroxyl groups is 1. The first kappa shape index (κ1) is 15.7. The quantitative estimate of drug-likeness (QED) is 0.557. The number of fused-ring (bicyclic) bond motifs is 1. The second kappa shape index (κ2) is 7.42. The van der Waals surface area contributed by atoms with Gasteiger partial charge >= 0.3 is 0 Å². The molecule has 24 heavy (non-hydrogen) atoms. The second-order valence-electron chi connectivity index (χ2n) is 5.50. The lowest BCUT2D eigenvalue weighted by Gasteiger charge is -2.05. The molecule has 0 saturated heterocycles. The molecule has 0 aliphatic carbocycles. The molecule has 4 nitrogen and oxygen atoms in total. The van der Waals surface area contributed by atoms with Crippen molar-refractivity contribution in [2.75, 3.05) is 0 Å². The van der Waals surface area contributed by atoms with E-state index in [4.69, 9.17) is 0 Å². The van der Waals surface area contributed by atoms with Gasteiger partial charge in [-0.05, 0) is 28.8 Å². The number of nitrogens with one attached hydrogen (secondary N) is 1. The standard InChI is InChI=1S/C20H18N2O2/c23-19-12-11-16-8-4-5-9-17(16)18(19)14-21-22-20(24)13-10-15-6-2-1-3-7-15/h1-9,11-12,14,23H,10,13H2,(H,22,24). The van der Waals surface area contributed by atoms with Gasteiger partial charge in [0.05, 0.1) is 6.21 Å². The normalized spacial score (nSPS) is 11.0. The largest absolute Gasteiger partial charge is 0.507 e. The number of phenolic OH excluding ortho intramolecular Hbond substituents is 1. The Labute approximate surface area is 140 Å². The summed E-state index contributed by atoms with van der Waals surface area (Å²) in [4.78, 5) is 11.9. The van der Waals surface area contributed by atoms with Gasteiger partial charge in [0.1, 0.15) is 5.75 Å². The maximum absolute atomic E-state index is 11.9. The number of hydrogen-bond donors (Lipinski definition) is 2. The molecule has 0 aromatic heterocycles. The van der Waals surface area contributed by atoms with E-state index in [0.717, 1.165) is 16.3 Å². The van der Waals surface area contributed by atoms with Crippen LogP contribution in [0.4, 0.5) is 0 Å². The van der Waals surface area contributed by atoms with Gasteiger partial charge in [-0.2, -0.15) is 5.10 Å². The highest BCUT2D eigenvalue weighted by atomic mass is 16.3. The Balaban J connectivity index is 1.64. The van der Waals surface area contributed by atoms with Gasteiger partial charge in [-0.1, -0.05) is 60.7 Å². The molecular formula is C20H18N2O2. The molecule has 3 rings (SSSR count). The van der Waals surface area contributed by atoms with Crippen LogP contribution in [-0.4, -0.2) is 17.2 Å². The molecular weight excluding hydrogens is 300 g/mol. The van der Waals surface area contributed by atoms with E-state index in [2.05, 4.69) is 10.5 Å². The van der Waals surface area contributed by atoms with Gasteiger partial charge in [0.25, 0.3) is 0 Å². The molecule has 3 aromatic rings. The fourth-order valence-corrected chi connectivity index (χ4v) is 2.55. The summed E-state index contributed by atoms with van der Waals surface area (Å²) in [6.45, 7) is 0. The third-order valence-electron chi connectivity index (χ3n) is 3.81. The van der Waals surface area contributed by atoms with Crippen LogP contribution in [0, 0.1) is 0 Å². The van der Waals surface area contributed by atoms with Gasteiger partial charge in [-0.3, -0.25) is 4.79 Å². The van der Waals surface area contributed by atoms with Crippen LogP contribution >= 0.6 is 0 Å². The highest BCUT2D eigenvalue weighted by molar-refractivity contribution is 6.02. The average molecular weight is 318 g/mol. The van der Waals surface area contributed by atoms with Crippen molar-refractivity contribution in [3.8, 4) is 5.75 Å². The van der Waals surface area contributed by atoms with E-state index in [0.29, 0.717) is 18.4 Å². The van der Waals surface area contributed by atoms with Gasteiger partial charge in [0.15, 0.2) is 0 Å². The second-order valence-corrected chi connectivity index (χ2v) is 5.50. The molecule has 0 heterocycles. The smallest absolute Gasteiger partial charge is 0.240 e. The van der Waals surface area contributed by atoms with Crippen LogP contribution in [0.1, 0.15) is 17.5 Å². The lowest BCUT2D eigenvalue weighted by atomic mass is 10.0. The number of nitrogens with zero attached hydrogens (tertiary/aromatic N) is 1. The molecule has 0 spiro atoms. The molecule has 0 unspecified atom stereocenters. The zero-order chi connectivity index (χ0) is 16.8. The third kappa shape index (κ3) is 3.79. The molecule has 120 valence electrons. The van der Waals surface area contributed by atoms with Crippen LogP contribution in [0.25, 0.3) is 10.8 Å². The van der Waals surface area contributed by atoms with E-state index in [-0.39, 0.29) is 11.7 Å². The van der Waals surface area contributed by atoms with Crippen molar-refractivity contribution in [3.05, 3.63) is 77.9 Å². The zero-order valence-corrected chi connectivity index (χ0v) is 13.1. The van der Waals surface area contributed by atoms with Crippen molar-refractivity contribution in [1.82, 2.24) is 5.43 Å². The fourth-order valence-electron chi connectivity index (χ4n) is 2.55. The Morgan fingerprint density at radius 2 is 1.75 bits per heavy atom. The zero-order valence-electron chi connectivity index (χ0n) is 13.1. The first-order valence-electron chi connectivity index (χ1n) is 7.80. The van der Waals surface area contributed by atoms with Crippen LogP contribution in [0.3, 0.4) is 0 Å². The lowest BCUT2D eigenvalue weighted by molar-refractivity contribution is -0.121. The molecule has 4 heteroatoms. The predicted octanol–water partition coefficient (Wildman–Crippen LogP) is 3.63. The van der Waals surface area contributed by atoms with E-state index in [1.807, 2.05) is 60.7 Å². The Hall–Kier alpha value is -3.14. The van der Waals surface area contributed by atoms with Crippen LogP contribution in [0.2, 0.25) is 0 Å². The Kier molecular flexibility index (Phi) is 4.87. The Morgan fingerprint density at radius 1 is 1.00 bits per heavy atom. The molecule has 0 aliphatic rings. The van der Waals surface area contributed by atoms with E-state index in [1.165, 1.54) is 6.21 Å². The number of benzene rings is 3. The minimum absolute atomic E-state index is 0.135. The summed E-state index contributed by atoms with van der Waals surface area (Å²) < 4.78 is 0. The maximum Gasteiger partial charge on any atom is 0.240 e. The first-order chi connectivity index (χ1) is 11.7. The summed E-state index contributed by atoms with van der Waals surface area (Å²) in [5, 5.41) is 15.9. The molecule has 1 amide bonds. The molecule has 0 radical (unpaired) electrons. The highest BCUT2D eigenvalue weighted by Crippen LogP contribution is 2.25. The van der Waals surface area contributed by atoms with Crippen molar-refractivity contribution in [2.24, 2.45) is 5.10 Å². The fraction of sp³-hybridized carbons (Fsp3) is 0.100. The number of phenols is 1. The van der Waals surface area contributed by atoms with Crippen LogP contribution in [0.15, 0.2) is 71.8 Å². The van der Waals surface area contributed by atoms with E-state index >= 15 is 0 Å². The SMILES string of the molecule is O=C(CCc1ccccc1)NN=Cc1c(O)ccc2ccccc12. The minimum atomic E-state index is -0.158. The van der Waals surface area contributed by atoms with Crippen molar-refractivity contribution in [2.45, 2.75) is 12.8 Å². The topological polar surface area (TPSA) is 61.7 Å². The average Bonchev–Trinajstić information content (AvgIpc) is 2.63. The number of aryl methyl sites for hydroxylation is 1. The number of hydrogen-bond acceptors (Lipinski definition) is 3. The van der Waals surface area contributed by atoms with E-state index in [1.54, 1.807) is 6.07 Å². The Bertz CT molecular complexity index is 873.